The second-order valence-corrected chi connectivity index (χ2v) is 5.10. The number of nitrogens with zero attached hydrogens (tertiary/aromatic N) is 1. The molecule has 0 amide bonds. The van der Waals surface area contributed by atoms with Gasteiger partial charge in [0.1, 0.15) is 5.01 Å². The molecule has 0 aliphatic heterocycles. The van der Waals surface area contributed by atoms with Crippen LogP contribution in [0.25, 0.3) is 22.3 Å². The standard InChI is InChI=1S/C11H8BrN3OS/c12-4-10-13-9(5-17-10)6-1-2-7-8(3-6)15-11(16)14-7/h1-3,5H,4H2,(H2,14,15,16). The quantitative estimate of drug-likeness (QED) is 0.715. The van der Waals surface area contributed by atoms with Crippen molar-refractivity contribution in [2.24, 2.45) is 0 Å². The number of rotatable bonds is 2. The summed E-state index contributed by atoms with van der Waals surface area (Å²) in [6.45, 7) is 0. The van der Waals surface area contributed by atoms with Gasteiger partial charge in [-0.05, 0) is 12.1 Å². The summed E-state index contributed by atoms with van der Waals surface area (Å²) in [5.41, 5.74) is 3.39. The summed E-state index contributed by atoms with van der Waals surface area (Å²) in [7, 11) is 0. The van der Waals surface area contributed by atoms with Crippen molar-refractivity contribution in [1.82, 2.24) is 15.0 Å². The molecule has 2 N–H and O–H groups in total. The normalized spacial score (nSPS) is 11.1. The molecule has 0 aliphatic carbocycles. The van der Waals surface area contributed by atoms with Crippen LogP contribution in [0.5, 0.6) is 0 Å². The Morgan fingerprint density at radius 2 is 2.12 bits per heavy atom. The molecule has 3 rings (SSSR count). The van der Waals surface area contributed by atoms with Gasteiger partial charge in [0.05, 0.1) is 22.1 Å². The molecule has 3 aromatic rings. The maximum atomic E-state index is 11.2. The van der Waals surface area contributed by atoms with E-state index >= 15 is 0 Å². The third-order valence-corrected chi connectivity index (χ3v) is 4.23. The number of nitrogens with one attached hydrogen (secondary N) is 2. The molecule has 0 saturated heterocycles. The van der Waals surface area contributed by atoms with Crippen LogP contribution in [0, 0.1) is 0 Å². The lowest BCUT2D eigenvalue weighted by molar-refractivity contribution is 1.21. The number of hydrogen-bond acceptors (Lipinski definition) is 3. The van der Waals surface area contributed by atoms with Gasteiger partial charge >= 0.3 is 5.69 Å². The fourth-order valence-corrected chi connectivity index (χ4v) is 2.87. The Labute approximate surface area is 109 Å². The fourth-order valence-electron chi connectivity index (χ4n) is 1.70. The number of thiazole rings is 1. The highest BCUT2D eigenvalue weighted by Gasteiger charge is 2.05. The predicted octanol–water partition coefficient (Wildman–Crippen LogP) is 2.87. The van der Waals surface area contributed by atoms with Gasteiger partial charge in [-0.3, -0.25) is 0 Å². The number of alkyl halides is 1. The molecular formula is C11H8BrN3OS. The molecule has 0 bridgehead atoms. The number of aromatic nitrogens is 3. The van der Waals surface area contributed by atoms with Gasteiger partial charge < -0.3 is 9.97 Å². The lowest BCUT2D eigenvalue weighted by Gasteiger charge is -1.96. The van der Waals surface area contributed by atoms with Crippen LogP contribution in [-0.4, -0.2) is 15.0 Å². The van der Waals surface area contributed by atoms with Crippen LogP contribution in [0.4, 0.5) is 0 Å². The number of hydrogen-bond donors (Lipinski definition) is 2. The van der Waals surface area contributed by atoms with Gasteiger partial charge in [-0.1, -0.05) is 22.0 Å². The van der Waals surface area contributed by atoms with E-state index in [0.29, 0.717) is 0 Å². The van der Waals surface area contributed by atoms with Crippen molar-refractivity contribution >= 4 is 38.3 Å². The third kappa shape index (κ3) is 1.94. The first-order valence-corrected chi connectivity index (χ1v) is 6.99. The number of benzene rings is 1. The minimum absolute atomic E-state index is 0.184. The number of halogens is 1. The van der Waals surface area contributed by atoms with E-state index in [1.807, 2.05) is 23.6 Å². The maximum Gasteiger partial charge on any atom is 0.323 e. The van der Waals surface area contributed by atoms with E-state index < -0.39 is 0 Å². The zero-order valence-electron chi connectivity index (χ0n) is 8.66. The summed E-state index contributed by atoms with van der Waals surface area (Å²) in [5.74, 6) is 0. The third-order valence-electron chi connectivity index (χ3n) is 2.48. The Bertz CT molecular complexity index is 727. The molecule has 1 aromatic carbocycles. The van der Waals surface area contributed by atoms with Gasteiger partial charge in [0.25, 0.3) is 0 Å². The van der Waals surface area contributed by atoms with E-state index in [9.17, 15) is 4.79 Å². The molecule has 0 unspecified atom stereocenters. The first-order valence-electron chi connectivity index (χ1n) is 4.99. The zero-order chi connectivity index (χ0) is 11.8. The molecule has 2 aromatic heterocycles. The molecule has 0 saturated carbocycles. The lowest BCUT2D eigenvalue weighted by Crippen LogP contribution is -1.99. The Morgan fingerprint density at radius 1 is 1.29 bits per heavy atom. The maximum absolute atomic E-state index is 11.2. The highest BCUT2D eigenvalue weighted by molar-refractivity contribution is 9.08. The van der Waals surface area contributed by atoms with E-state index in [2.05, 4.69) is 30.9 Å². The number of imidazole rings is 1. The molecule has 0 radical (unpaired) electrons. The van der Waals surface area contributed by atoms with Gasteiger partial charge in [0.15, 0.2) is 0 Å². The summed E-state index contributed by atoms with van der Waals surface area (Å²) < 4.78 is 0. The van der Waals surface area contributed by atoms with Crippen molar-refractivity contribution < 1.29 is 0 Å². The van der Waals surface area contributed by atoms with Crippen molar-refractivity contribution in [3.05, 3.63) is 39.1 Å². The predicted molar refractivity (Wildman–Crippen MR) is 72.7 cm³/mol. The number of fused-ring (bicyclic) bond motifs is 1. The summed E-state index contributed by atoms with van der Waals surface area (Å²) in [6, 6.07) is 5.77. The van der Waals surface area contributed by atoms with Gasteiger partial charge in [0.2, 0.25) is 0 Å². The molecule has 0 fully saturated rings. The molecule has 17 heavy (non-hydrogen) atoms. The molecular weight excluding hydrogens is 302 g/mol. The molecule has 86 valence electrons. The monoisotopic (exact) mass is 309 g/mol. The average Bonchev–Trinajstić information content (AvgIpc) is 2.92. The van der Waals surface area contributed by atoms with Crippen LogP contribution in [-0.2, 0) is 5.33 Å². The zero-order valence-corrected chi connectivity index (χ0v) is 11.1. The second kappa shape index (κ2) is 4.12. The van der Waals surface area contributed by atoms with Crippen LogP contribution in [0.15, 0.2) is 28.4 Å². The Hall–Kier alpha value is -1.40. The smallest absolute Gasteiger partial charge is 0.306 e. The highest BCUT2D eigenvalue weighted by Crippen LogP contribution is 2.24. The van der Waals surface area contributed by atoms with Crippen molar-refractivity contribution in [3.8, 4) is 11.3 Å². The SMILES string of the molecule is O=c1[nH]c2ccc(-c3csc(CBr)n3)cc2[nH]1. The van der Waals surface area contributed by atoms with E-state index in [1.54, 1.807) is 11.3 Å². The Balaban J connectivity index is 2.13. The topological polar surface area (TPSA) is 61.5 Å². The number of aromatic amines is 2. The minimum atomic E-state index is -0.184. The van der Waals surface area contributed by atoms with Gasteiger partial charge in [-0.15, -0.1) is 11.3 Å². The minimum Gasteiger partial charge on any atom is -0.306 e. The van der Waals surface area contributed by atoms with Gasteiger partial charge in [0, 0.05) is 10.9 Å². The largest absolute Gasteiger partial charge is 0.323 e. The first kappa shape index (κ1) is 10.7. The Morgan fingerprint density at radius 3 is 2.88 bits per heavy atom. The van der Waals surface area contributed by atoms with Crippen LogP contribution in [0.2, 0.25) is 0 Å². The average molecular weight is 310 g/mol. The van der Waals surface area contributed by atoms with Gasteiger partial charge in [-0.25, -0.2) is 9.78 Å². The van der Waals surface area contributed by atoms with E-state index in [-0.39, 0.29) is 5.69 Å². The second-order valence-electron chi connectivity index (χ2n) is 3.60. The van der Waals surface area contributed by atoms with E-state index in [1.165, 1.54) is 0 Å². The number of H-pyrrole nitrogens is 2. The molecule has 6 heteroatoms. The molecule has 0 spiro atoms. The molecule has 2 heterocycles. The van der Waals surface area contributed by atoms with E-state index in [4.69, 9.17) is 0 Å². The van der Waals surface area contributed by atoms with Crippen molar-refractivity contribution in [2.75, 3.05) is 0 Å². The van der Waals surface area contributed by atoms with E-state index in [0.717, 1.165) is 32.6 Å². The molecule has 0 aliphatic rings. The van der Waals surface area contributed by atoms with Crippen LogP contribution in [0.1, 0.15) is 5.01 Å². The molecule has 4 nitrogen and oxygen atoms in total. The van der Waals surface area contributed by atoms with Crippen LogP contribution < -0.4 is 5.69 Å². The van der Waals surface area contributed by atoms with Crippen LogP contribution >= 0.6 is 27.3 Å². The summed E-state index contributed by atoms with van der Waals surface area (Å²) in [5, 5.41) is 3.83. The fraction of sp³-hybridized carbons (Fsp3) is 0.0909. The molecule has 0 atom stereocenters. The summed E-state index contributed by atoms with van der Waals surface area (Å²) in [4.78, 5) is 21.1. The van der Waals surface area contributed by atoms with Gasteiger partial charge in [-0.2, -0.15) is 0 Å². The highest BCUT2D eigenvalue weighted by atomic mass is 79.9. The van der Waals surface area contributed by atoms with Crippen molar-refractivity contribution in [1.29, 1.82) is 0 Å². The van der Waals surface area contributed by atoms with Crippen molar-refractivity contribution in [3.63, 3.8) is 0 Å². The summed E-state index contributed by atoms with van der Waals surface area (Å²) >= 11 is 5.00. The first-order chi connectivity index (χ1) is 8.26. The lowest BCUT2D eigenvalue weighted by atomic mass is 10.1. The van der Waals surface area contributed by atoms with Crippen molar-refractivity contribution in [2.45, 2.75) is 5.33 Å². The summed E-state index contributed by atoms with van der Waals surface area (Å²) in [6.07, 6.45) is 0. The van der Waals surface area contributed by atoms with Crippen LogP contribution in [0.3, 0.4) is 0 Å². The Kier molecular flexibility index (Phi) is 2.60.